The smallest absolute Gasteiger partial charge is 0.261 e. The maximum Gasteiger partial charge on any atom is 0.261 e. The molecule has 0 aliphatic rings. The molecule has 2 rings (SSSR count). The van der Waals surface area contributed by atoms with Gasteiger partial charge in [0, 0.05) is 32.2 Å². The topological polar surface area (TPSA) is 48.5 Å². The van der Waals surface area contributed by atoms with Gasteiger partial charge in [0.1, 0.15) is 4.83 Å². The van der Waals surface area contributed by atoms with Crippen molar-refractivity contribution < 1.29 is 4.79 Å². The van der Waals surface area contributed by atoms with Gasteiger partial charge >= 0.3 is 0 Å². The van der Waals surface area contributed by atoms with E-state index in [1.165, 1.54) is 11.3 Å². The summed E-state index contributed by atoms with van der Waals surface area (Å²) in [5.41, 5.74) is 0. The van der Waals surface area contributed by atoms with E-state index in [9.17, 15) is 4.79 Å². The van der Waals surface area contributed by atoms with E-state index in [2.05, 4.69) is 54.7 Å². The van der Waals surface area contributed by atoms with Crippen molar-refractivity contribution in [1.82, 2.24) is 15.2 Å². The van der Waals surface area contributed by atoms with Crippen molar-refractivity contribution in [1.29, 1.82) is 0 Å². The Morgan fingerprint density at radius 3 is 2.46 bits per heavy atom. The van der Waals surface area contributed by atoms with Crippen molar-refractivity contribution in [2.45, 2.75) is 40.7 Å². The number of aromatic nitrogens is 1. The molecule has 7 heteroatoms. The Hall–Kier alpha value is -1.18. The highest BCUT2D eigenvalue weighted by Gasteiger charge is 2.16. The maximum absolute atomic E-state index is 12.3. The zero-order valence-corrected chi connectivity index (χ0v) is 16.9. The second-order valence-electron chi connectivity index (χ2n) is 5.93. The normalized spacial score (nSPS) is 11.6. The van der Waals surface area contributed by atoms with E-state index in [0.717, 1.165) is 45.7 Å². The monoisotopic (exact) mass is 368 g/mol. The Morgan fingerprint density at radius 2 is 1.92 bits per heavy atom. The predicted octanol–water partition coefficient (Wildman–Crippen LogP) is 3.66. The zero-order valence-electron chi connectivity index (χ0n) is 15.3. The number of fused-ring (bicyclic) bond motifs is 1. The number of rotatable bonds is 9. The summed E-state index contributed by atoms with van der Waals surface area (Å²) in [5, 5.41) is 4.07. The summed E-state index contributed by atoms with van der Waals surface area (Å²) in [6.45, 7) is 15.2. The van der Waals surface area contributed by atoms with Crippen molar-refractivity contribution in [2.75, 3.05) is 37.6 Å². The number of hydrogen-bond donors (Lipinski definition) is 1. The molecule has 0 fully saturated rings. The third kappa shape index (κ3) is 4.46. The second kappa shape index (κ2) is 8.78. The Labute approximate surface area is 152 Å². The molecule has 134 valence electrons. The molecule has 24 heavy (non-hydrogen) atoms. The molecule has 0 saturated heterocycles. The number of anilines is 1. The van der Waals surface area contributed by atoms with Crippen molar-refractivity contribution in [3.05, 3.63) is 10.9 Å². The standard InChI is InChI=1S/C17H28N4OS2/c1-6-20(7-2)17-19-16-14(24-17)11-13(23-16)15(22)18-9-10-21(8-3)12(4)5/h11-12H,6-10H2,1-5H3,(H,18,22). The number of likely N-dealkylation sites (N-methyl/N-ethyl adjacent to an activating group) is 1. The number of amides is 1. The molecule has 0 atom stereocenters. The number of thiophene rings is 1. The largest absolute Gasteiger partial charge is 0.350 e. The zero-order chi connectivity index (χ0) is 17.7. The van der Waals surface area contributed by atoms with Gasteiger partial charge in [0.15, 0.2) is 5.13 Å². The van der Waals surface area contributed by atoms with Gasteiger partial charge in [0.2, 0.25) is 0 Å². The van der Waals surface area contributed by atoms with E-state index in [0.29, 0.717) is 12.6 Å². The van der Waals surface area contributed by atoms with Crippen LogP contribution in [0.15, 0.2) is 6.07 Å². The molecule has 5 nitrogen and oxygen atoms in total. The highest BCUT2D eigenvalue weighted by Crippen LogP contribution is 2.34. The van der Waals surface area contributed by atoms with Crippen LogP contribution in [-0.2, 0) is 0 Å². The van der Waals surface area contributed by atoms with Gasteiger partial charge in [-0.3, -0.25) is 9.69 Å². The average Bonchev–Trinajstić information content (AvgIpc) is 3.11. The van der Waals surface area contributed by atoms with Crippen LogP contribution in [-0.4, -0.2) is 54.6 Å². The van der Waals surface area contributed by atoms with Crippen LogP contribution >= 0.6 is 22.7 Å². The molecule has 2 aromatic heterocycles. The van der Waals surface area contributed by atoms with Crippen molar-refractivity contribution >= 4 is 43.2 Å². The summed E-state index contributed by atoms with van der Waals surface area (Å²) in [6.07, 6.45) is 0. The lowest BCUT2D eigenvalue weighted by molar-refractivity contribution is 0.0950. The van der Waals surface area contributed by atoms with E-state index in [1.807, 2.05) is 6.07 Å². The summed E-state index contributed by atoms with van der Waals surface area (Å²) >= 11 is 3.15. The summed E-state index contributed by atoms with van der Waals surface area (Å²) in [4.78, 5) is 23.3. The van der Waals surface area contributed by atoms with E-state index >= 15 is 0 Å². The number of carbonyl (C=O) groups is 1. The first kappa shape index (κ1) is 19.1. The minimum atomic E-state index is 0.00870. The molecular formula is C17H28N4OS2. The number of nitrogens with zero attached hydrogens (tertiary/aromatic N) is 3. The molecular weight excluding hydrogens is 340 g/mol. The Balaban J connectivity index is 1.96. The first-order chi connectivity index (χ1) is 11.5. The molecule has 0 radical (unpaired) electrons. The SMILES string of the molecule is CCN(CC)c1nc2sc(C(=O)NCCN(CC)C(C)C)cc2s1. The molecule has 0 unspecified atom stereocenters. The van der Waals surface area contributed by atoms with Gasteiger partial charge in [-0.25, -0.2) is 4.98 Å². The van der Waals surface area contributed by atoms with Gasteiger partial charge in [0.25, 0.3) is 5.91 Å². The number of thiazole rings is 1. The van der Waals surface area contributed by atoms with Crippen LogP contribution in [0, 0.1) is 0 Å². The van der Waals surface area contributed by atoms with Gasteiger partial charge in [-0.2, -0.15) is 0 Å². The van der Waals surface area contributed by atoms with Gasteiger partial charge < -0.3 is 10.2 Å². The van der Waals surface area contributed by atoms with Crippen molar-refractivity contribution in [2.24, 2.45) is 0 Å². The number of hydrogen-bond acceptors (Lipinski definition) is 6. The number of nitrogens with one attached hydrogen (secondary N) is 1. The van der Waals surface area contributed by atoms with Crippen LogP contribution < -0.4 is 10.2 Å². The van der Waals surface area contributed by atoms with E-state index in [4.69, 9.17) is 0 Å². The lowest BCUT2D eigenvalue weighted by Gasteiger charge is -2.24. The molecule has 2 aromatic rings. The summed E-state index contributed by atoms with van der Waals surface area (Å²) < 4.78 is 1.10. The third-order valence-electron chi connectivity index (χ3n) is 4.16. The average molecular weight is 369 g/mol. The van der Waals surface area contributed by atoms with Gasteiger partial charge in [-0.1, -0.05) is 18.3 Å². The highest BCUT2D eigenvalue weighted by atomic mass is 32.1. The fourth-order valence-electron chi connectivity index (χ4n) is 2.65. The van der Waals surface area contributed by atoms with Crippen LogP contribution in [0.25, 0.3) is 9.53 Å². The lowest BCUT2D eigenvalue weighted by atomic mass is 10.3. The number of carbonyl (C=O) groups excluding carboxylic acids is 1. The first-order valence-corrected chi connectivity index (χ1v) is 10.3. The lowest BCUT2D eigenvalue weighted by Crippen LogP contribution is -2.38. The van der Waals surface area contributed by atoms with Crippen LogP contribution in [0.2, 0.25) is 0 Å². The van der Waals surface area contributed by atoms with Gasteiger partial charge in [-0.15, -0.1) is 11.3 Å². The van der Waals surface area contributed by atoms with Crippen LogP contribution in [0.4, 0.5) is 5.13 Å². The Morgan fingerprint density at radius 1 is 1.21 bits per heavy atom. The predicted molar refractivity (Wildman–Crippen MR) is 106 cm³/mol. The molecule has 0 aliphatic carbocycles. The molecule has 0 aliphatic heterocycles. The van der Waals surface area contributed by atoms with E-state index in [1.54, 1.807) is 11.3 Å². The molecule has 1 amide bonds. The summed E-state index contributed by atoms with van der Waals surface area (Å²) in [5.74, 6) is 0.00870. The van der Waals surface area contributed by atoms with Crippen molar-refractivity contribution in [3.63, 3.8) is 0 Å². The summed E-state index contributed by atoms with van der Waals surface area (Å²) in [7, 11) is 0. The highest BCUT2D eigenvalue weighted by molar-refractivity contribution is 7.29. The van der Waals surface area contributed by atoms with Gasteiger partial charge in [0.05, 0.1) is 9.58 Å². The second-order valence-corrected chi connectivity index (χ2v) is 7.97. The Kier molecular flexibility index (Phi) is 7.01. The molecule has 0 bridgehead atoms. The fourth-order valence-corrected chi connectivity index (χ4v) is 4.90. The van der Waals surface area contributed by atoms with Crippen LogP contribution in [0.3, 0.4) is 0 Å². The van der Waals surface area contributed by atoms with Crippen LogP contribution in [0.1, 0.15) is 44.3 Å². The third-order valence-corrected chi connectivity index (χ3v) is 6.38. The van der Waals surface area contributed by atoms with E-state index < -0.39 is 0 Å². The molecule has 2 heterocycles. The van der Waals surface area contributed by atoms with Crippen LogP contribution in [0.5, 0.6) is 0 Å². The molecule has 0 saturated carbocycles. The summed E-state index contributed by atoms with van der Waals surface area (Å²) in [6, 6.07) is 2.47. The fraction of sp³-hybridized carbons (Fsp3) is 0.647. The molecule has 1 N–H and O–H groups in total. The molecule has 0 aromatic carbocycles. The first-order valence-electron chi connectivity index (χ1n) is 8.67. The maximum atomic E-state index is 12.3. The minimum absolute atomic E-state index is 0.00870. The minimum Gasteiger partial charge on any atom is -0.350 e. The quantitative estimate of drug-likeness (QED) is 0.734. The Bertz CT molecular complexity index is 629. The van der Waals surface area contributed by atoms with E-state index in [-0.39, 0.29) is 5.91 Å². The van der Waals surface area contributed by atoms with Gasteiger partial charge in [-0.05, 0) is 40.3 Å². The molecule has 0 spiro atoms. The van der Waals surface area contributed by atoms with Crippen molar-refractivity contribution in [3.8, 4) is 0 Å².